The second kappa shape index (κ2) is 7.52. The molecule has 0 unspecified atom stereocenters. The Balaban J connectivity index is 1.70. The molecule has 132 valence electrons. The number of aryl methyl sites for hydroxylation is 1. The van der Waals surface area contributed by atoms with E-state index in [9.17, 15) is 9.59 Å². The Morgan fingerprint density at radius 1 is 1.36 bits per heavy atom. The van der Waals surface area contributed by atoms with Crippen LogP contribution in [0.3, 0.4) is 0 Å². The van der Waals surface area contributed by atoms with Crippen molar-refractivity contribution < 1.29 is 4.79 Å². The smallest absolute Gasteiger partial charge is 0.267 e. The van der Waals surface area contributed by atoms with Crippen molar-refractivity contribution >= 4 is 11.9 Å². The average Bonchev–Trinajstić information content (AvgIpc) is 2.62. The summed E-state index contributed by atoms with van der Waals surface area (Å²) in [6, 6.07) is 2.99. The summed E-state index contributed by atoms with van der Waals surface area (Å²) in [5.74, 6) is 0.128. The van der Waals surface area contributed by atoms with Gasteiger partial charge in [-0.1, -0.05) is 6.92 Å². The molecule has 25 heavy (non-hydrogen) atoms. The number of carbonyl (C=O) groups excluding carboxylic acids is 1. The molecule has 0 bridgehead atoms. The maximum atomic E-state index is 12.4. The number of aromatic nitrogens is 4. The molecule has 1 aliphatic rings. The van der Waals surface area contributed by atoms with E-state index in [0.717, 1.165) is 24.1 Å². The summed E-state index contributed by atoms with van der Waals surface area (Å²) in [5, 5.41) is 7.18. The summed E-state index contributed by atoms with van der Waals surface area (Å²) in [6.45, 7) is 5.75. The van der Waals surface area contributed by atoms with Crippen molar-refractivity contribution in [2.45, 2.75) is 45.8 Å². The van der Waals surface area contributed by atoms with E-state index in [1.807, 2.05) is 18.7 Å². The summed E-state index contributed by atoms with van der Waals surface area (Å²) in [4.78, 5) is 34.6. The zero-order chi connectivity index (χ0) is 17.8. The van der Waals surface area contributed by atoms with Crippen molar-refractivity contribution in [3.8, 4) is 0 Å². The topological polar surface area (TPSA) is 93.0 Å². The molecule has 1 amide bonds. The molecule has 0 fully saturated rings. The molecular formula is C17H22N6O2. The number of rotatable bonds is 5. The molecule has 0 aromatic carbocycles. The first-order valence-electron chi connectivity index (χ1n) is 8.50. The van der Waals surface area contributed by atoms with E-state index < -0.39 is 0 Å². The Labute approximate surface area is 145 Å². The Bertz CT molecular complexity index is 805. The summed E-state index contributed by atoms with van der Waals surface area (Å²) in [6.07, 6.45) is 4.75. The lowest BCUT2D eigenvalue weighted by atomic mass is 10.0. The van der Waals surface area contributed by atoms with Crippen molar-refractivity contribution in [2.75, 3.05) is 11.9 Å². The maximum Gasteiger partial charge on any atom is 0.267 e. The van der Waals surface area contributed by atoms with E-state index >= 15 is 0 Å². The summed E-state index contributed by atoms with van der Waals surface area (Å²) >= 11 is 0. The molecule has 1 N–H and O–H groups in total. The third kappa shape index (κ3) is 3.90. The van der Waals surface area contributed by atoms with Crippen molar-refractivity contribution in [3.05, 3.63) is 46.1 Å². The molecule has 8 heteroatoms. The van der Waals surface area contributed by atoms with Gasteiger partial charge in [0.1, 0.15) is 0 Å². The van der Waals surface area contributed by atoms with Crippen LogP contribution in [-0.4, -0.2) is 43.1 Å². The second-order valence-electron chi connectivity index (χ2n) is 6.14. The van der Waals surface area contributed by atoms with Crippen molar-refractivity contribution in [1.82, 2.24) is 24.6 Å². The molecule has 3 rings (SSSR count). The van der Waals surface area contributed by atoms with Gasteiger partial charge in [0.25, 0.3) is 5.56 Å². The summed E-state index contributed by atoms with van der Waals surface area (Å²) in [5.41, 5.74) is 1.76. The minimum Gasteiger partial charge on any atom is -0.293 e. The van der Waals surface area contributed by atoms with Gasteiger partial charge in [-0.3, -0.25) is 19.8 Å². The zero-order valence-corrected chi connectivity index (χ0v) is 14.5. The molecule has 1 aliphatic heterocycles. The minimum absolute atomic E-state index is 0.0859. The van der Waals surface area contributed by atoms with Crippen LogP contribution in [0.2, 0.25) is 0 Å². The van der Waals surface area contributed by atoms with Gasteiger partial charge < -0.3 is 0 Å². The molecule has 3 heterocycles. The van der Waals surface area contributed by atoms with E-state index in [4.69, 9.17) is 0 Å². The molecule has 2 aromatic heterocycles. The van der Waals surface area contributed by atoms with Crippen LogP contribution in [0.4, 0.5) is 5.95 Å². The first kappa shape index (κ1) is 17.2. The summed E-state index contributed by atoms with van der Waals surface area (Å²) < 4.78 is 1.53. The fourth-order valence-corrected chi connectivity index (χ4v) is 2.91. The third-order valence-corrected chi connectivity index (χ3v) is 4.34. The highest BCUT2D eigenvalue weighted by atomic mass is 16.2. The minimum atomic E-state index is -0.352. The van der Waals surface area contributed by atoms with E-state index in [-0.39, 0.29) is 17.5 Å². The highest BCUT2D eigenvalue weighted by Crippen LogP contribution is 2.18. The predicted octanol–water partition coefficient (Wildman–Crippen LogP) is 0.829. The monoisotopic (exact) mass is 342 g/mol. The molecule has 0 spiro atoms. The standard InChI is InChI=1S/C17H22N6O2/c1-3-8-23-15(24)10-13-11-22(9-5-14(13)21-23)12(2)16(25)20-17-18-6-4-7-19-17/h4,6-7,10,12H,3,5,8-9,11H2,1-2H3,(H,18,19,20,25)/t12-/m1/s1. The van der Waals surface area contributed by atoms with Crippen LogP contribution in [0.15, 0.2) is 29.3 Å². The number of hydrogen-bond donors (Lipinski definition) is 1. The Morgan fingerprint density at radius 3 is 2.84 bits per heavy atom. The normalized spacial score (nSPS) is 15.4. The van der Waals surface area contributed by atoms with Gasteiger partial charge in [0.15, 0.2) is 0 Å². The highest BCUT2D eigenvalue weighted by Gasteiger charge is 2.27. The molecule has 0 saturated carbocycles. The number of hydrogen-bond acceptors (Lipinski definition) is 6. The van der Waals surface area contributed by atoms with E-state index in [1.165, 1.54) is 4.68 Å². The van der Waals surface area contributed by atoms with Crippen LogP contribution < -0.4 is 10.9 Å². The zero-order valence-electron chi connectivity index (χ0n) is 14.5. The Hall–Kier alpha value is -2.61. The number of amides is 1. The fraction of sp³-hybridized carbons (Fsp3) is 0.471. The van der Waals surface area contributed by atoms with Gasteiger partial charge in [-0.2, -0.15) is 5.10 Å². The van der Waals surface area contributed by atoms with Gasteiger partial charge in [0.05, 0.1) is 11.7 Å². The van der Waals surface area contributed by atoms with Crippen LogP contribution in [0.5, 0.6) is 0 Å². The molecule has 2 aromatic rings. The van der Waals surface area contributed by atoms with E-state index in [0.29, 0.717) is 25.6 Å². The van der Waals surface area contributed by atoms with Crippen LogP contribution in [0.1, 0.15) is 31.5 Å². The van der Waals surface area contributed by atoms with Gasteiger partial charge in [0, 0.05) is 44.5 Å². The predicted molar refractivity (Wildman–Crippen MR) is 93.0 cm³/mol. The van der Waals surface area contributed by atoms with Gasteiger partial charge >= 0.3 is 0 Å². The highest BCUT2D eigenvalue weighted by molar-refractivity contribution is 5.93. The molecule has 0 aliphatic carbocycles. The average molecular weight is 342 g/mol. The molecule has 8 nitrogen and oxygen atoms in total. The van der Waals surface area contributed by atoms with Crippen LogP contribution in [0.25, 0.3) is 0 Å². The SMILES string of the molecule is CCCn1nc2c(cc1=O)CN([C@H](C)C(=O)Nc1ncccn1)CC2. The number of nitrogens with one attached hydrogen (secondary N) is 1. The first-order valence-corrected chi connectivity index (χ1v) is 8.50. The van der Waals surface area contributed by atoms with Crippen molar-refractivity contribution in [1.29, 1.82) is 0 Å². The lowest BCUT2D eigenvalue weighted by molar-refractivity contribution is -0.121. The summed E-state index contributed by atoms with van der Waals surface area (Å²) in [7, 11) is 0. The largest absolute Gasteiger partial charge is 0.293 e. The van der Waals surface area contributed by atoms with Crippen molar-refractivity contribution in [3.63, 3.8) is 0 Å². The number of carbonyl (C=O) groups is 1. The second-order valence-corrected chi connectivity index (χ2v) is 6.14. The molecular weight excluding hydrogens is 320 g/mol. The Morgan fingerprint density at radius 2 is 2.12 bits per heavy atom. The fourth-order valence-electron chi connectivity index (χ4n) is 2.91. The van der Waals surface area contributed by atoms with Crippen LogP contribution in [-0.2, 0) is 24.3 Å². The quantitative estimate of drug-likeness (QED) is 0.865. The van der Waals surface area contributed by atoms with Gasteiger partial charge in [-0.25, -0.2) is 14.6 Å². The Kier molecular flexibility index (Phi) is 5.18. The van der Waals surface area contributed by atoms with Crippen LogP contribution in [0, 0.1) is 0 Å². The lowest BCUT2D eigenvalue weighted by Crippen LogP contribution is -2.45. The van der Waals surface area contributed by atoms with Gasteiger partial charge in [-0.05, 0) is 25.0 Å². The maximum absolute atomic E-state index is 12.4. The third-order valence-electron chi connectivity index (χ3n) is 4.34. The van der Waals surface area contributed by atoms with E-state index in [2.05, 4.69) is 20.4 Å². The molecule has 0 radical (unpaired) electrons. The lowest BCUT2D eigenvalue weighted by Gasteiger charge is -2.32. The molecule has 0 saturated heterocycles. The van der Waals surface area contributed by atoms with Gasteiger partial charge in [0.2, 0.25) is 11.9 Å². The molecule has 1 atom stereocenters. The van der Waals surface area contributed by atoms with Gasteiger partial charge in [-0.15, -0.1) is 0 Å². The number of fused-ring (bicyclic) bond motifs is 1. The van der Waals surface area contributed by atoms with E-state index in [1.54, 1.807) is 24.5 Å². The number of nitrogens with zero attached hydrogens (tertiary/aromatic N) is 5. The van der Waals surface area contributed by atoms with Crippen LogP contribution >= 0.6 is 0 Å². The number of anilines is 1. The first-order chi connectivity index (χ1) is 12.1. The van der Waals surface area contributed by atoms with Crippen molar-refractivity contribution in [2.24, 2.45) is 0 Å².